The second-order valence-electron chi connectivity index (χ2n) is 2.67. The van der Waals surface area contributed by atoms with Gasteiger partial charge < -0.3 is 5.32 Å². The van der Waals surface area contributed by atoms with Crippen LogP contribution in [0.25, 0.3) is 0 Å². The number of halogens is 1. The lowest BCUT2D eigenvalue weighted by Gasteiger charge is -2.00. The molecule has 0 bridgehead atoms. The number of rotatable bonds is 4. The maximum Gasteiger partial charge on any atom is 0.252 e. The number of carbonyl (C=O) groups excluding carboxylic acids is 1. The molecule has 14 heavy (non-hydrogen) atoms. The molecule has 78 valence electrons. The molecule has 0 aromatic carbocycles. The summed E-state index contributed by atoms with van der Waals surface area (Å²) in [7, 11) is -0.855. The van der Waals surface area contributed by atoms with Gasteiger partial charge in [-0.25, -0.2) is 0 Å². The van der Waals surface area contributed by atoms with Gasteiger partial charge in [-0.3, -0.25) is 9.00 Å². The van der Waals surface area contributed by atoms with E-state index in [1.807, 2.05) is 0 Å². The third-order valence-corrected chi connectivity index (χ3v) is 3.79. The van der Waals surface area contributed by atoms with E-state index >= 15 is 0 Å². The fourth-order valence-corrected chi connectivity index (χ4v) is 2.37. The summed E-state index contributed by atoms with van der Waals surface area (Å²) in [5, 5.41) is 4.48. The zero-order chi connectivity index (χ0) is 10.6. The standard InChI is InChI=1S/C8H10BrNO2S2/c1-14(12)3-2-10-8(11)6-4-7(9)13-5-6/h4-5H,2-3H2,1H3,(H,10,11). The number of thiophene rings is 1. The third-order valence-electron chi connectivity index (χ3n) is 1.50. The van der Waals surface area contributed by atoms with Crippen molar-refractivity contribution < 1.29 is 9.00 Å². The monoisotopic (exact) mass is 295 g/mol. The number of hydrogen-bond acceptors (Lipinski definition) is 3. The Bertz CT molecular complexity index is 351. The van der Waals surface area contributed by atoms with Crippen LogP contribution in [0.4, 0.5) is 0 Å². The number of hydrogen-bond donors (Lipinski definition) is 1. The highest BCUT2D eigenvalue weighted by molar-refractivity contribution is 9.11. The van der Waals surface area contributed by atoms with E-state index in [9.17, 15) is 9.00 Å². The van der Waals surface area contributed by atoms with Gasteiger partial charge >= 0.3 is 0 Å². The van der Waals surface area contributed by atoms with E-state index in [2.05, 4.69) is 21.2 Å². The van der Waals surface area contributed by atoms with Crippen LogP contribution < -0.4 is 5.32 Å². The van der Waals surface area contributed by atoms with E-state index in [1.54, 1.807) is 17.7 Å². The molecule has 1 amide bonds. The Morgan fingerprint density at radius 1 is 1.71 bits per heavy atom. The largest absolute Gasteiger partial charge is 0.351 e. The van der Waals surface area contributed by atoms with Crippen LogP contribution in [0.3, 0.4) is 0 Å². The average molecular weight is 296 g/mol. The quantitative estimate of drug-likeness (QED) is 0.917. The number of carbonyl (C=O) groups is 1. The van der Waals surface area contributed by atoms with Gasteiger partial charge in [0.05, 0.1) is 9.35 Å². The average Bonchev–Trinajstić information content (AvgIpc) is 2.51. The predicted molar refractivity (Wildman–Crippen MR) is 63.3 cm³/mol. The Morgan fingerprint density at radius 3 is 2.93 bits per heavy atom. The molecule has 1 heterocycles. The van der Waals surface area contributed by atoms with Crippen molar-refractivity contribution in [2.75, 3.05) is 18.6 Å². The molecular weight excluding hydrogens is 286 g/mol. The predicted octanol–water partition coefficient (Wildman–Crippen LogP) is 1.62. The molecule has 0 saturated carbocycles. The van der Waals surface area contributed by atoms with Crippen molar-refractivity contribution in [3.63, 3.8) is 0 Å². The molecule has 1 N–H and O–H groups in total. The topological polar surface area (TPSA) is 46.2 Å². The molecule has 0 radical (unpaired) electrons. The number of amides is 1. The Morgan fingerprint density at radius 2 is 2.43 bits per heavy atom. The van der Waals surface area contributed by atoms with Crippen molar-refractivity contribution in [1.29, 1.82) is 0 Å². The van der Waals surface area contributed by atoms with E-state index < -0.39 is 10.8 Å². The molecule has 1 aromatic rings. The van der Waals surface area contributed by atoms with Crippen molar-refractivity contribution in [3.8, 4) is 0 Å². The zero-order valence-electron chi connectivity index (χ0n) is 7.58. The van der Waals surface area contributed by atoms with E-state index in [0.29, 0.717) is 17.9 Å². The smallest absolute Gasteiger partial charge is 0.252 e. The Hall–Kier alpha value is -0.200. The first-order valence-electron chi connectivity index (χ1n) is 3.92. The second-order valence-corrected chi connectivity index (χ2v) is 6.52. The Kier molecular flexibility index (Phi) is 4.77. The first-order chi connectivity index (χ1) is 6.59. The van der Waals surface area contributed by atoms with Crippen LogP contribution in [0, 0.1) is 0 Å². The molecule has 0 fully saturated rings. The van der Waals surface area contributed by atoms with Crippen LogP contribution in [0.15, 0.2) is 15.2 Å². The van der Waals surface area contributed by atoms with E-state index in [-0.39, 0.29) is 5.91 Å². The van der Waals surface area contributed by atoms with E-state index in [4.69, 9.17) is 0 Å². The van der Waals surface area contributed by atoms with Crippen LogP contribution in [0.5, 0.6) is 0 Å². The molecule has 1 aromatic heterocycles. The van der Waals surface area contributed by atoms with Crippen LogP contribution in [-0.2, 0) is 10.8 Å². The van der Waals surface area contributed by atoms with Gasteiger partial charge in [0.1, 0.15) is 0 Å². The van der Waals surface area contributed by atoms with Gasteiger partial charge in [-0.15, -0.1) is 11.3 Å². The minimum absolute atomic E-state index is 0.114. The first-order valence-corrected chi connectivity index (χ1v) is 7.32. The van der Waals surface area contributed by atoms with Gasteiger partial charge in [0.25, 0.3) is 5.91 Å². The zero-order valence-corrected chi connectivity index (χ0v) is 10.8. The minimum atomic E-state index is -0.855. The summed E-state index contributed by atoms with van der Waals surface area (Å²) in [5.74, 6) is 0.384. The summed E-state index contributed by atoms with van der Waals surface area (Å²) in [4.78, 5) is 11.4. The molecule has 6 heteroatoms. The van der Waals surface area contributed by atoms with Crippen LogP contribution in [0.1, 0.15) is 10.4 Å². The molecule has 1 unspecified atom stereocenters. The fourth-order valence-electron chi connectivity index (χ4n) is 0.839. The lowest BCUT2D eigenvalue weighted by molar-refractivity contribution is 0.0956. The lowest BCUT2D eigenvalue weighted by atomic mass is 10.3. The van der Waals surface area contributed by atoms with Gasteiger partial charge in [-0.2, -0.15) is 0 Å². The number of nitrogens with one attached hydrogen (secondary N) is 1. The molecular formula is C8H10BrNO2S2. The summed E-state index contributed by atoms with van der Waals surface area (Å²) in [6, 6.07) is 1.77. The fraction of sp³-hybridized carbons (Fsp3) is 0.375. The molecule has 3 nitrogen and oxygen atoms in total. The molecule has 0 aliphatic heterocycles. The molecule has 1 atom stereocenters. The highest BCUT2D eigenvalue weighted by atomic mass is 79.9. The molecule has 0 aliphatic rings. The SMILES string of the molecule is CS(=O)CCNC(=O)c1csc(Br)c1. The summed E-state index contributed by atoms with van der Waals surface area (Å²) in [5.41, 5.74) is 0.642. The highest BCUT2D eigenvalue weighted by Gasteiger charge is 2.06. The van der Waals surface area contributed by atoms with Crippen LogP contribution in [0.2, 0.25) is 0 Å². The lowest BCUT2D eigenvalue weighted by Crippen LogP contribution is -2.27. The van der Waals surface area contributed by atoms with E-state index in [0.717, 1.165) is 3.79 Å². The highest BCUT2D eigenvalue weighted by Crippen LogP contribution is 2.20. The maximum atomic E-state index is 11.4. The van der Waals surface area contributed by atoms with Gasteiger partial charge in [-0.1, -0.05) is 0 Å². The van der Waals surface area contributed by atoms with Crippen LogP contribution >= 0.6 is 27.3 Å². The van der Waals surface area contributed by atoms with Gasteiger partial charge in [-0.05, 0) is 22.0 Å². The summed E-state index contributed by atoms with van der Waals surface area (Å²) >= 11 is 4.75. The van der Waals surface area contributed by atoms with Crippen LogP contribution in [-0.4, -0.2) is 28.7 Å². The minimum Gasteiger partial charge on any atom is -0.351 e. The molecule has 0 spiro atoms. The first kappa shape index (κ1) is 11.9. The van der Waals surface area contributed by atoms with Crippen molar-refractivity contribution in [2.24, 2.45) is 0 Å². The molecule has 1 rings (SSSR count). The summed E-state index contributed by atoms with van der Waals surface area (Å²) < 4.78 is 11.7. The van der Waals surface area contributed by atoms with Crippen molar-refractivity contribution >= 4 is 44.0 Å². The third kappa shape index (κ3) is 3.89. The summed E-state index contributed by atoms with van der Waals surface area (Å²) in [6.07, 6.45) is 1.62. The van der Waals surface area contributed by atoms with Gasteiger partial charge in [0.15, 0.2) is 0 Å². The maximum absolute atomic E-state index is 11.4. The second kappa shape index (κ2) is 5.63. The van der Waals surface area contributed by atoms with Crippen molar-refractivity contribution in [2.45, 2.75) is 0 Å². The van der Waals surface area contributed by atoms with Crippen molar-refractivity contribution in [3.05, 3.63) is 20.8 Å². The Balaban J connectivity index is 2.39. The van der Waals surface area contributed by atoms with Gasteiger partial charge in [0, 0.05) is 34.7 Å². The Labute approximate surface area is 97.5 Å². The molecule has 0 saturated heterocycles. The normalized spacial score (nSPS) is 12.4. The molecule has 0 aliphatic carbocycles. The van der Waals surface area contributed by atoms with Crippen molar-refractivity contribution in [1.82, 2.24) is 5.32 Å². The summed E-state index contributed by atoms with van der Waals surface area (Å²) in [6.45, 7) is 0.454. The van der Waals surface area contributed by atoms with E-state index in [1.165, 1.54) is 11.3 Å². The van der Waals surface area contributed by atoms with Gasteiger partial charge in [0.2, 0.25) is 0 Å².